The van der Waals surface area contributed by atoms with Crippen molar-refractivity contribution in [2.75, 3.05) is 6.61 Å². The smallest absolute Gasteiger partial charge is 0.416 e. The summed E-state index contributed by atoms with van der Waals surface area (Å²) in [5.74, 6) is 0.534. The van der Waals surface area contributed by atoms with E-state index in [0.29, 0.717) is 31.6 Å². The lowest BCUT2D eigenvalue weighted by Gasteiger charge is -2.09. The van der Waals surface area contributed by atoms with Gasteiger partial charge in [-0.2, -0.15) is 13.2 Å². The summed E-state index contributed by atoms with van der Waals surface area (Å²) in [6, 6.07) is 4.52. The molecule has 0 bridgehead atoms. The maximum Gasteiger partial charge on any atom is 0.416 e. The van der Waals surface area contributed by atoms with Gasteiger partial charge in [-0.25, -0.2) is 0 Å². The first-order valence-corrected chi connectivity index (χ1v) is 5.70. The average Bonchev–Trinajstić information content (AvgIpc) is 2.37. The minimum Gasteiger partial charge on any atom is -0.494 e. The highest BCUT2D eigenvalue weighted by Crippen LogP contribution is 2.30. The van der Waals surface area contributed by atoms with Crippen LogP contribution in [0.25, 0.3) is 0 Å². The molecule has 1 aromatic carbocycles. The molecular formula is C12H15F3N2O2. The lowest BCUT2D eigenvalue weighted by Crippen LogP contribution is -2.11. The van der Waals surface area contributed by atoms with Crippen LogP contribution >= 0.6 is 0 Å². The second-order valence-corrected chi connectivity index (χ2v) is 3.92. The summed E-state index contributed by atoms with van der Waals surface area (Å²) < 4.78 is 42.2. The fourth-order valence-corrected chi connectivity index (χ4v) is 1.39. The summed E-state index contributed by atoms with van der Waals surface area (Å²) in [7, 11) is 0. The Hall–Kier alpha value is -1.92. The van der Waals surface area contributed by atoms with Gasteiger partial charge in [-0.15, -0.1) is 0 Å². The molecule has 0 aliphatic heterocycles. The van der Waals surface area contributed by atoms with Crippen LogP contribution < -0.4 is 10.5 Å². The van der Waals surface area contributed by atoms with E-state index in [4.69, 9.17) is 15.7 Å². The molecule has 1 rings (SSSR count). The Morgan fingerprint density at radius 3 is 2.37 bits per heavy atom. The number of oxime groups is 1. The number of nitrogens with zero attached hydrogens (tertiary/aromatic N) is 1. The van der Waals surface area contributed by atoms with Gasteiger partial charge in [0.05, 0.1) is 12.2 Å². The number of alkyl halides is 3. The highest BCUT2D eigenvalue weighted by molar-refractivity contribution is 5.79. The van der Waals surface area contributed by atoms with E-state index < -0.39 is 11.7 Å². The maximum atomic E-state index is 12.3. The van der Waals surface area contributed by atoms with E-state index in [-0.39, 0.29) is 5.84 Å². The lowest BCUT2D eigenvalue weighted by atomic mass is 10.2. The van der Waals surface area contributed by atoms with Gasteiger partial charge < -0.3 is 15.7 Å². The largest absolute Gasteiger partial charge is 0.494 e. The summed E-state index contributed by atoms with van der Waals surface area (Å²) in [5.41, 5.74) is 4.57. The van der Waals surface area contributed by atoms with E-state index in [1.54, 1.807) is 0 Å². The molecule has 4 nitrogen and oxygen atoms in total. The Kier molecular flexibility index (Phi) is 5.47. The van der Waals surface area contributed by atoms with Gasteiger partial charge in [0.2, 0.25) is 0 Å². The van der Waals surface area contributed by atoms with Crippen LogP contribution in [0, 0.1) is 0 Å². The van der Waals surface area contributed by atoms with Gasteiger partial charge in [-0.1, -0.05) is 5.16 Å². The van der Waals surface area contributed by atoms with E-state index in [9.17, 15) is 13.2 Å². The van der Waals surface area contributed by atoms with Crippen molar-refractivity contribution in [3.05, 3.63) is 29.8 Å². The average molecular weight is 276 g/mol. The van der Waals surface area contributed by atoms with Crippen LogP contribution in [0.2, 0.25) is 0 Å². The fraction of sp³-hybridized carbons (Fsp3) is 0.417. The third-order valence-corrected chi connectivity index (χ3v) is 2.41. The van der Waals surface area contributed by atoms with E-state index in [1.165, 1.54) is 12.1 Å². The first kappa shape index (κ1) is 15.1. The molecule has 19 heavy (non-hydrogen) atoms. The Morgan fingerprint density at radius 1 is 1.21 bits per heavy atom. The number of ether oxygens (including phenoxy) is 1. The first-order chi connectivity index (χ1) is 8.93. The highest BCUT2D eigenvalue weighted by Gasteiger charge is 2.29. The van der Waals surface area contributed by atoms with Gasteiger partial charge in [0.25, 0.3) is 0 Å². The number of benzene rings is 1. The van der Waals surface area contributed by atoms with E-state index in [1.807, 2.05) is 0 Å². The second-order valence-electron chi connectivity index (χ2n) is 3.92. The third-order valence-electron chi connectivity index (χ3n) is 2.41. The summed E-state index contributed by atoms with van der Waals surface area (Å²) >= 11 is 0. The number of hydrogen-bond acceptors (Lipinski definition) is 3. The summed E-state index contributed by atoms with van der Waals surface area (Å²) in [4.78, 5) is 0. The van der Waals surface area contributed by atoms with Crippen LogP contribution in [0.5, 0.6) is 5.75 Å². The maximum absolute atomic E-state index is 12.3. The summed E-state index contributed by atoms with van der Waals surface area (Å²) in [6.45, 7) is 0.365. The monoisotopic (exact) mass is 276 g/mol. The zero-order chi connectivity index (χ0) is 14.3. The molecule has 0 unspecified atom stereocenters. The summed E-state index contributed by atoms with van der Waals surface area (Å²) in [6.07, 6.45) is -2.54. The van der Waals surface area contributed by atoms with Gasteiger partial charge in [0, 0.05) is 6.42 Å². The van der Waals surface area contributed by atoms with Crippen molar-refractivity contribution < 1.29 is 23.1 Å². The fourth-order valence-electron chi connectivity index (χ4n) is 1.39. The van der Waals surface area contributed by atoms with Crippen LogP contribution in [0.4, 0.5) is 13.2 Å². The Morgan fingerprint density at radius 2 is 1.84 bits per heavy atom. The Bertz CT molecular complexity index is 416. The predicted octanol–water partition coefficient (Wildman–Crippen LogP) is 3.00. The number of unbranched alkanes of at least 4 members (excludes halogenated alkanes) is 1. The van der Waals surface area contributed by atoms with Gasteiger partial charge >= 0.3 is 6.18 Å². The van der Waals surface area contributed by atoms with Crippen molar-refractivity contribution in [2.45, 2.75) is 25.4 Å². The van der Waals surface area contributed by atoms with Crippen molar-refractivity contribution in [3.63, 3.8) is 0 Å². The topological polar surface area (TPSA) is 67.8 Å². The van der Waals surface area contributed by atoms with Crippen molar-refractivity contribution in [1.29, 1.82) is 0 Å². The zero-order valence-corrected chi connectivity index (χ0v) is 10.2. The van der Waals surface area contributed by atoms with E-state index in [0.717, 1.165) is 12.1 Å². The van der Waals surface area contributed by atoms with E-state index in [2.05, 4.69) is 5.16 Å². The molecule has 0 saturated heterocycles. The second kappa shape index (κ2) is 6.86. The molecule has 106 valence electrons. The predicted molar refractivity (Wildman–Crippen MR) is 64.2 cm³/mol. The molecule has 0 fully saturated rings. The molecule has 0 atom stereocenters. The molecular weight excluding hydrogens is 261 g/mol. The number of nitrogens with two attached hydrogens (primary N) is 1. The molecule has 0 spiro atoms. The molecule has 0 heterocycles. The van der Waals surface area contributed by atoms with E-state index >= 15 is 0 Å². The molecule has 0 amide bonds. The summed E-state index contributed by atoms with van der Waals surface area (Å²) in [5, 5.41) is 11.1. The number of rotatable bonds is 6. The molecule has 3 N–H and O–H groups in total. The van der Waals surface area contributed by atoms with Crippen LogP contribution in [0.1, 0.15) is 24.8 Å². The van der Waals surface area contributed by atoms with Gasteiger partial charge in [0.15, 0.2) is 0 Å². The molecule has 0 saturated carbocycles. The van der Waals surface area contributed by atoms with Crippen LogP contribution in [-0.2, 0) is 6.18 Å². The van der Waals surface area contributed by atoms with Crippen LogP contribution in [0.15, 0.2) is 29.4 Å². The normalized spacial score (nSPS) is 12.5. The molecule has 0 aliphatic carbocycles. The van der Waals surface area contributed by atoms with Crippen molar-refractivity contribution in [1.82, 2.24) is 0 Å². The molecule has 7 heteroatoms. The van der Waals surface area contributed by atoms with Crippen molar-refractivity contribution >= 4 is 5.84 Å². The van der Waals surface area contributed by atoms with Crippen LogP contribution in [-0.4, -0.2) is 17.6 Å². The van der Waals surface area contributed by atoms with Gasteiger partial charge in [-0.3, -0.25) is 0 Å². The SMILES string of the molecule is N/C(CCCCOc1ccc(C(F)(F)F)cc1)=N/O. The van der Waals surface area contributed by atoms with Gasteiger partial charge in [-0.05, 0) is 37.1 Å². The number of halogens is 3. The van der Waals surface area contributed by atoms with Gasteiger partial charge in [0.1, 0.15) is 11.6 Å². The highest BCUT2D eigenvalue weighted by atomic mass is 19.4. The van der Waals surface area contributed by atoms with Crippen molar-refractivity contribution in [3.8, 4) is 5.75 Å². The standard InChI is InChI=1S/C12H15F3N2O2/c13-12(14,15)9-4-6-10(7-5-9)19-8-2-1-3-11(16)17-18/h4-7,18H,1-3,8H2,(H2,16,17). The first-order valence-electron chi connectivity index (χ1n) is 5.70. The molecule has 0 aromatic heterocycles. The van der Waals surface area contributed by atoms with Crippen molar-refractivity contribution in [2.24, 2.45) is 10.9 Å². The van der Waals surface area contributed by atoms with Crippen LogP contribution in [0.3, 0.4) is 0 Å². The minimum absolute atomic E-state index is 0.148. The lowest BCUT2D eigenvalue weighted by molar-refractivity contribution is -0.137. The molecule has 1 aromatic rings. The number of amidine groups is 1. The Balaban J connectivity index is 2.31. The third kappa shape index (κ3) is 5.50. The quantitative estimate of drug-likeness (QED) is 0.276. The molecule has 0 radical (unpaired) electrons. The zero-order valence-electron chi connectivity index (χ0n) is 10.2. The molecule has 0 aliphatic rings. The number of hydrogen-bond donors (Lipinski definition) is 2. The Labute approximate surface area is 108 Å². The minimum atomic E-state index is -4.33.